The van der Waals surface area contributed by atoms with Gasteiger partial charge in [-0.1, -0.05) is 26.2 Å². The summed E-state index contributed by atoms with van der Waals surface area (Å²) in [4.78, 5) is 25.2. The van der Waals surface area contributed by atoms with Gasteiger partial charge in [0, 0.05) is 26.6 Å². The van der Waals surface area contributed by atoms with Crippen LogP contribution in [-0.2, 0) is 14.6 Å². The number of carbonyl (C=O) groups is 2. The minimum atomic E-state index is -3.19. The molecule has 1 rings (SSSR count). The number of urea groups is 1. The molecule has 3 amide bonds. The summed E-state index contributed by atoms with van der Waals surface area (Å²) in [5.74, 6) is -0.452. The average molecular weight is 333 g/mol. The van der Waals surface area contributed by atoms with E-state index in [2.05, 4.69) is 17.6 Å². The number of amides is 3. The van der Waals surface area contributed by atoms with Gasteiger partial charge >= 0.3 is 6.03 Å². The van der Waals surface area contributed by atoms with Crippen molar-refractivity contribution in [2.24, 2.45) is 0 Å². The number of sulfone groups is 1. The summed E-state index contributed by atoms with van der Waals surface area (Å²) in [6.45, 7) is 2.84. The van der Waals surface area contributed by atoms with Crippen LogP contribution in [0.5, 0.6) is 0 Å². The zero-order chi connectivity index (χ0) is 16.6. The van der Waals surface area contributed by atoms with Crippen molar-refractivity contribution in [1.82, 2.24) is 15.5 Å². The predicted molar refractivity (Wildman–Crippen MR) is 85.4 cm³/mol. The Kier molecular flexibility index (Phi) is 7.64. The summed E-state index contributed by atoms with van der Waals surface area (Å²) in [5, 5.41) is 5.29. The van der Waals surface area contributed by atoms with Gasteiger partial charge in [0.2, 0.25) is 5.91 Å². The smallest absolute Gasteiger partial charge is 0.317 e. The Morgan fingerprint density at radius 1 is 1.23 bits per heavy atom. The summed E-state index contributed by atoms with van der Waals surface area (Å²) in [6.07, 6.45) is 4.25. The highest BCUT2D eigenvalue weighted by Gasteiger charge is 2.35. The van der Waals surface area contributed by atoms with Crippen LogP contribution in [0.1, 0.15) is 39.0 Å². The van der Waals surface area contributed by atoms with Gasteiger partial charge in [0.1, 0.15) is 0 Å². The molecule has 1 saturated heterocycles. The van der Waals surface area contributed by atoms with Crippen molar-refractivity contribution in [3.05, 3.63) is 0 Å². The minimum Gasteiger partial charge on any atom is -0.359 e. The van der Waals surface area contributed by atoms with Gasteiger partial charge in [-0.2, -0.15) is 0 Å². The number of hydrogen-bond acceptors (Lipinski definition) is 4. The molecule has 7 nitrogen and oxygen atoms in total. The van der Waals surface area contributed by atoms with Gasteiger partial charge in [0.05, 0.1) is 17.5 Å². The van der Waals surface area contributed by atoms with Gasteiger partial charge in [-0.05, 0) is 6.42 Å². The fourth-order valence-electron chi connectivity index (χ4n) is 2.49. The first-order valence-electron chi connectivity index (χ1n) is 7.85. The summed E-state index contributed by atoms with van der Waals surface area (Å²) in [7, 11) is -1.69. The highest BCUT2D eigenvalue weighted by molar-refractivity contribution is 7.91. The number of unbranched alkanes of at least 4 members (excludes halogenated alkanes) is 3. The Morgan fingerprint density at radius 2 is 1.95 bits per heavy atom. The average Bonchev–Trinajstić information content (AvgIpc) is 2.46. The quantitative estimate of drug-likeness (QED) is 0.664. The van der Waals surface area contributed by atoms with Crippen molar-refractivity contribution in [2.45, 2.75) is 45.1 Å². The van der Waals surface area contributed by atoms with Gasteiger partial charge in [-0.25, -0.2) is 13.2 Å². The van der Waals surface area contributed by atoms with Crippen LogP contribution in [-0.4, -0.2) is 62.9 Å². The van der Waals surface area contributed by atoms with Crippen molar-refractivity contribution in [1.29, 1.82) is 0 Å². The lowest BCUT2D eigenvalue weighted by Crippen LogP contribution is -2.55. The maximum Gasteiger partial charge on any atom is 0.317 e. The van der Waals surface area contributed by atoms with E-state index >= 15 is 0 Å². The van der Waals surface area contributed by atoms with Crippen LogP contribution in [0.3, 0.4) is 0 Å². The lowest BCUT2D eigenvalue weighted by atomic mass is 10.2. The topological polar surface area (TPSA) is 95.6 Å². The molecule has 0 saturated carbocycles. The van der Waals surface area contributed by atoms with E-state index in [0.29, 0.717) is 6.54 Å². The SMILES string of the molecule is CCCCCCNC(=O)N1CCS(=O)(=O)CC1CC(=O)NC. The van der Waals surface area contributed by atoms with Gasteiger partial charge in [0.25, 0.3) is 0 Å². The van der Waals surface area contributed by atoms with Crippen LogP contribution in [0, 0.1) is 0 Å². The molecule has 2 N–H and O–H groups in total. The van der Waals surface area contributed by atoms with Gasteiger partial charge < -0.3 is 15.5 Å². The molecule has 22 heavy (non-hydrogen) atoms. The van der Waals surface area contributed by atoms with Crippen LogP contribution in [0.4, 0.5) is 4.79 Å². The summed E-state index contributed by atoms with van der Waals surface area (Å²) < 4.78 is 23.5. The van der Waals surface area contributed by atoms with Crippen LogP contribution in [0.15, 0.2) is 0 Å². The third kappa shape index (κ3) is 6.21. The van der Waals surface area contributed by atoms with Crippen LogP contribution >= 0.6 is 0 Å². The number of rotatable bonds is 7. The van der Waals surface area contributed by atoms with E-state index in [0.717, 1.165) is 25.7 Å². The van der Waals surface area contributed by atoms with Gasteiger partial charge in [-0.15, -0.1) is 0 Å². The maximum absolute atomic E-state index is 12.2. The molecule has 0 aromatic rings. The van der Waals surface area contributed by atoms with Crippen molar-refractivity contribution in [3.8, 4) is 0 Å². The molecule has 1 heterocycles. The summed E-state index contributed by atoms with van der Waals surface area (Å²) in [6, 6.07) is -0.866. The molecule has 1 atom stereocenters. The highest BCUT2D eigenvalue weighted by atomic mass is 32.2. The molecule has 1 unspecified atom stereocenters. The summed E-state index contributed by atoms with van der Waals surface area (Å²) in [5.41, 5.74) is 0. The molecule has 0 aromatic heterocycles. The van der Waals surface area contributed by atoms with Crippen LogP contribution in [0.2, 0.25) is 0 Å². The van der Waals surface area contributed by atoms with Crippen molar-refractivity contribution in [2.75, 3.05) is 31.6 Å². The first-order chi connectivity index (χ1) is 10.4. The standard InChI is InChI=1S/C14H27N3O4S/c1-3-4-5-6-7-16-14(19)17-8-9-22(20,21)11-12(17)10-13(18)15-2/h12H,3-11H2,1-2H3,(H,15,18)(H,16,19). The Labute approximate surface area is 132 Å². The molecule has 1 aliphatic heterocycles. The Morgan fingerprint density at radius 3 is 2.59 bits per heavy atom. The monoisotopic (exact) mass is 333 g/mol. The molecule has 1 aliphatic rings. The first kappa shape index (κ1) is 18.7. The molecule has 1 fully saturated rings. The molecule has 0 aliphatic carbocycles. The first-order valence-corrected chi connectivity index (χ1v) is 9.67. The Hall–Kier alpha value is -1.31. The summed E-state index contributed by atoms with van der Waals surface area (Å²) >= 11 is 0. The third-order valence-corrected chi connectivity index (χ3v) is 5.49. The second kappa shape index (κ2) is 8.97. The van der Waals surface area contributed by atoms with Gasteiger partial charge in [-0.3, -0.25) is 4.79 Å². The lowest BCUT2D eigenvalue weighted by molar-refractivity contribution is -0.121. The number of nitrogens with zero attached hydrogens (tertiary/aromatic N) is 1. The normalized spacial score (nSPS) is 20.5. The zero-order valence-electron chi connectivity index (χ0n) is 13.4. The molecule has 128 valence electrons. The highest BCUT2D eigenvalue weighted by Crippen LogP contribution is 2.15. The van der Waals surface area contributed by atoms with E-state index in [9.17, 15) is 18.0 Å². The fraction of sp³-hybridized carbons (Fsp3) is 0.857. The van der Waals surface area contributed by atoms with E-state index in [1.54, 1.807) is 0 Å². The van der Waals surface area contributed by atoms with Crippen molar-refractivity contribution >= 4 is 21.8 Å². The molecule has 0 radical (unpaired) electrons. The number of hydrogen-bond donors (Lipinski definition) is 2. The molecule has 0 bridgehead atoms. The Bertz CT molecular complexity index is 478. The van der Waals surface area contributed by atoms with E-state index in [1.807, 2.05) is 0 Å². The van der Waals surface area contributed by atoms with E-state index in [4.69, 9.17) is 0 Å². The Balaban J connectivity index is 2.56. The molecule has 0 spiro atoms. The third-order valence-electron chi connectivity index (χ3n) is 3.80. The number of nitrogens with one attached hydrogen (secondary N) is 2. The van der Waals surface area contributed by atoms with Crippen molar-refractivity contribution < 1.29 is 18.0 Å². The predicted octanol–water partition coefficient (Wildman–Crippen LogP) is 0.511. The molecular formula is C14H27N3O4S. The zero-order valence-corrected chi connectivity index (χ0v) is 14.2. The molecule has 8 heteroatoms. The van der Waals surface area contributed by atoms with E-state index < -0.39 is 15.9 Å². The second-order valence-electron chi connectivity index (χ2n) is 5.63. The fourth-order valence-corrected chi connectivity index (χ4v) is 4.01. The maximum atomic E-state index is 12.2. The minimum absolute atomic E-state index is 0.0129. The van der Waals surface area contributed by atoms with Crippen LogP contribution < -0.4 is 10.6 Å². The van der Waals surface area contributed by atoms with Gasteiger partial charge in [0.15, 0.2) is 9.84 Å². The largest absolute Gasteiger partial charge is 0.359 e. The van der Waals surface area contributed by atoms with Crippen LogP contribution in [0.25, 0.3) is 0 Å². The van der Waals surface area contributed by atoms with E-state index in [-0.39, 0.29) is 36.4 Å². The molecule has 0 aromatic carbocycles. The lowest BCUT2D eigenvalue weighted by Gasteiger charge is -2.35. The molecular weight excluding hydrogens is 306 g/mol. The van der Waals surface area contributed by atoms with Crippen molar-refractivity contribution in [3.63, 3.8) is 0 Å². The van der Waals surface area contributed by atoms with E-state index in [1.165, 1.54) is 11.9 Å². The number of carbonyl (C=O) groups excluding carboxylic acids is 2. The second-order valence-corrected chi connectivity index (χ2v) is 7.86.